The maximum Gasteiger partial charge on any atom is 0.256 e. The maximum atomic E-state index is 13.0. The van der Waals surface area contributed by atoms with Gasteiger partial charge in [-0.05, 0) is 24.6 Å². The zero-order chi connectivity index (χ0) is 21.4. The Labute approximate surface area is 162 Å². The minimum absolute atomic E-state index is 0.0976. The normalized spacial score (nSPS) is 15.2. The Bertz CT molecular complexity index is 1280. The van der Waals surface area contributed by atoms with E-state index in [1.165, 1.54) is 12.1 Å². The fraction of sp³-hybridized carbons (Fsp3) is 0.100. The van der Waals surface area contributed by atoms with E-state index in [0.717, 1.165) is 6.07 Å². The average Bonchev–Trinajstić information content (AvgIpc) is 2.62. The lowest BCUT2D eigenvalue weighted by atomic mass is 9.79. The number of phenolic OH excluding ortho intramolecular Hbond substituents is 3. The third-order valence-corrected chi connectivity index (χ3v) is 5.10. The molecule has 0 saturated carbocycles. The Morgan fingerprint density at radius 1 is 0.897 bits per heavy atom. The number of hydrogen-bond acceptors (Lipinski definition) is 8. The lowest BCUT2D eigenvalue weighted by Crippen LogP contribution is -2.20. The van der Waals surface area contributed by atoms with E-state index in [2.05, 4.69) is 0 Å². The fourth-order valence-corrected chi connectivity index (χ4v) is 3.84. The van der Waals surface area contributed by atoms with Crippen LogP contribution in [0.15, 0.2) is 18.2 Å². The Morgan fingerprint density at radius 3 is 2.14 bits per heavy atom. The van der Waals surface area contributed by atoms with Gasteiger partial charge in [-0.1, -0.05) is 6.07 Å². The number of aliphatic hydroxyl groups excluding tert-OH is 1. The molecule has 1 aliphatic rings. The van der Waals surface area contributed by atoms with Crippen molar-refractivity contribution < 1.29 is 40.2 Å². The fourth-order valence-electron chi connectivity index (χ4n) is 3.84. The molecule has 0 aliphatic heterocycles. The van der Waals surface area contributed by atoms with Crippen LogP contribution in [0.2, 0.25) is 0 Å². The van der Waals surface area contributed by atoms with Gasteiger partial charge in [0.15, 0.2) is 11.5 Å². The summed E-state index contributed by atoms with van der Waals surface area (Å²) < 4.78 is 0. The van der Waals surface area contributed by atoms with Gasteiger partial charge in [0, 0.05) is 16.5 Å². The highest BCUT2D eigenvalue weighted by Crippen LogP contribution is 2.52. The molecule has 3 aromatic carbocycles. The van der Waals surface area contributed by atoms with Crippen molar-refractivity contribution in [2.45, 2.75) is 13.0 Å². The summed E-state index contributed by atoms with van der Waals surface area (Å²) in [6, 6.07) is 3.92. The minimum Gasteiger partial charge on any atom is -0.507 e. The van der Waals surface area contributed by atoms with Gasteiger partial charge in [0.25, 0.3) is 5.91 Å². The number of fused-ring (bicyclic) bond motifs is 3. The summed E-state index contributed by atoms with van der Waals surface area (Å²) in [6.07, 6.45) is -1.46. The van der Waals surface area contributed by atoms with Gasteiger partial charge < -0.3 is 36.4 Å². The molecule has 0 fully saturated rings. The number of carbonyl (C=O) groups excluding carboxylic acids is 2. The summed E-state index contributed by atoms with van der Waals surface area (Å²) in [6.45, 7) is 1.65. The molecule has 0 heterocycles. The van der Waals surface area contributed by atoms with Gasteiger partial charge in [0.05, 0.1) is 16.5 Å². The number of carbonyl (C=O) groups is 2. The van der Waals surface area contributed by atoms with Crippen LogP contribution >= 0.6 is 0 Å². The van der Waals surface area contributed by atoms with E-state index in [1.807, 2.05) is 0 Å². The molecule has 0 radical (unpaired) electrons. The van der Waals surface area contributed by atoms with Crippen molar-refractivity contribution in [3.63, 3.8) is 0 Å². The topological polar surface area (TPSA) is 182 Å². The van der Waals surface area contributed by atoms with E-state index in [9.17, 15) is 40.2 Å². The summed E-state index contributed by atoms with van der Waals surface area (Å²) >= 11 is 0. The van der Waals surface area contributed by atoms with E-state index in [1.54, 1.807) is 6.92 Å². The van der Waals surface area contributed by atoms with Crippen molar-refractivity contribution in [3.05, 3.63) is 51.6 Å². The number of amides is 1. The Hall–Kier alpha value is -3.98. The number of rotatable bonds is 1. The van der Waals surface area contributed by atoms with Crippen molar-refractivity contribution in [1.82, 2.24) is 0 Å². The van der Waals surface area contributed by atoms with Crippen molar-refractivity contribution in [1.29, 1.82) is 0 Å². The molecule has 0 bridgehead atoms. The highest BCUT2D eigenvalue weighted by Gasteiger charge is 2.37. The zero-order valence-corrected chi connectivity index (χ0v) is 14.9. The monoisotopic (exact) mass is 397 g/mol. The highest BCUT2D eigenvalue weighted by atomic mass is 16.3. The van der Waals surface area contributed by atoms with Crippen molar-refractivity contribution >= 4 is 22.5 Å². The smallest absolute Gasteiger partial charge is 0.256 e. The molecule has 0 aromatic heterocycles. The second-order valence-electron chi connectivity index (χ2n) is 6.88. The number of primary amides is 1. The van der Waals surface area contributed by atoms with Crippen LogP contribution in [0.3, 0.4) is 0 Å². The average molecular weight is 397 g/mol. The number of aliphatic hydroxyl groups is 1. The summed E-state index contributed by atoms with van der Waals surface area (Å²) in [5.74, 6) is -6.17. The first-order valence-electron chi connectivity index (χ1n) is 8.38. The molecular formula is C20H15NO8. The van der Waals surface area contributed by atoms with Gasteiger partial charge in [0.2, 0.25) is 5.78 Å². The van der Waals surface area contributed by atoms with E-state index in [-0.39, 0.29) is 22.1 Å². The van der Waals surface area contributed by atoms with E-state index in [4.69, 9.17) is 5.73 Å². The van der Waals surface area contributed by atoms with Gasteiger partial charge in [0.1, 0.15) is 28.9 Å². The van der Waals surface area contributed by atoms with Crippen LogP contribution in [-0.4, -0.2) is 42.3 Å². The molecule has 1 amide bonds. The van der Waals surface area contributed by atoms with E-state index in [0.29, 0.717) is 5.56 Å². The molecule has 1 aliphatic carbocycles. The first kappa shape index (κ1) is 18.4. The second-order valence-corrected chi connectivity index (χ2v) is 6.88. The summed E-state index contributed by atoms with van der Waals surface area (Å²) in [5.41, 5.74) is 4.19. The zero-order valence-electron chi connectivity index (χ0n) is 14.9. The SMILES string of the molecule is Cc1cc(O)c2c(c1)C(O)c1cc3c(O)c(O)c(C(N)=O)c(O)c3c(O)c1C2=O. The summed E-state index contributed by atoms with van der Waals surface area (Å²) in [5, 5.41) is 61.6. The van der Waals surface area contributed by atoms with E-state index >= 15 is 0 Å². The van der Waals surface area contributed by atoms with Crippen molar-refractivity contribution in [2.75, 3.05) is 0 Å². The van der Waals surface area contributed by atoms with Crippen LogP contribution in [-0.2, 0) is 0 Å². The third kappa shape index (κ3) is 2.25. The molecule has 29 heavy (non-hydrogen) atoms. The molecule has 1 atom stereocenters. The number of hydrogen-bond donors (Lipinski definition) is 7. The molecule has 9 heteroatoms. The van der Waals surface area contributed by atoms with Gasteiger partial charge in [-0.2, -0.15) is 0 Å². The van der Waals surface area contributed by atoms with Crippen LogP contribution < -0.4 is 5.73 Å². The second kappa shape index (κ2) is 5.76. The molecular weight excluding hydrogens is 382 g/mol. The molecule has 0 spiro atoms. The van der Waals surface area contributed by atoms with Crippen molar-refractivity contribution in [2.24, 2.45) is 5.73 Å². The molecule has 4 rings (SSSR count). The standard InChI is InChI=1S/C20H15NO8/c1-5-2-6-10(9(22)3-5)16(25)11-7(14(6)23)4-8-12(17(11)26)18(27)13(20(21)29)19(28)15(8)24/h2-4,14,22-24,26-28H,1H3,(H2,21,29). The van der Waals surface area contributed by atoms with Gasteiger partial charge in [-0.15, -0.1) is 0 Å². The van der Waals surface area contributed by atoms with Crippen LogP contribution in [0, 0.1) is 6.92 Å². The minimum atomic E-state index is -1.46. The van der Waals surface area contributed by atoms with Crippen LogP contribution in [0.4, 0.5) is 0 Å². The number of phenols is 5. The third-order valence-electron chi connectivity index (χ3n) is 5.10. The maximum absolute atomic E-state index is 13.0. The Balaban J connectivity index is 2.17. The number of benzene rings is 3. The molecule has 9 nitrogen and oxygen atoms in total. The predicted octanol–water partition coefficient (Wildman–Crippen LogP) is 1.40. The Morgan fingerprint density at radius 2 is 1.52 bits per heavy atom. The largest absolute Gasteiger partial charge is 0.507 e. The Kier molecular flexibility index (Phi) is 3.65. The quantitative estimate of drug-likeness (QED) is 0.237. The van der Waals surface area contributed by atoms with Crippen LogP contribution in [0.5, 0.6) is 28.7 Å². The number of ketones is 1. The predicted molar refractivity (Wildman–Crippen MR) is 99.5 cm³/mol. The van der Waals surface area contributed by atoms with Crippen molar-refractivity contribution in [3.8, 4) is 28.7 Å². The lowest BCUT2D eigenvalue weighted by molar-refractivity contribution is 0.0991. The first-order chi connectivity index (χ1) is 13.6. The van der Waals surface area contributed by atoms with Crippen LogP contribution in [0.1, 0.15) is 49.1 Å². The highest BCUT2D eigenvalue weighted by molar-refractivity contribution is 6.20. The molecule has 148 valence electrons. The number of aromatic hydroxyl groups is 5. The summed E-state index contributed by atoms with van der Waals surface area (Å²) in [7, 11) is 0. The van der Waals surface area contributed by atoms with Gasteiger partial charge >= 0.3 is 0 Å². The number of aryl methyl sites for hydroxylation is 1. The van der Waals surface area contributed by atoms with E-state index < -0.39 is 63.1 Å². The molecule has 8 N–H and O–H groups in total. The first-order valence-corrected chi connectivity index (χ1v) is 8.38. The van der Waals surface area contributed by atoms with Crippen LogP contribution in [0.25, 0.3) is 10.8 Å². The lowest BCUT2D eigenvalue weighted by Gasteiger charge is -2.26. The molecule has 3 aromatic rings. The number of nitrogens with two attached hydrogens (primary N) is 1. The van der Waals surface area contributed by atoms with Gasteiger partial charge in [-0.3, -0.25) is 9.59 Å². The van der Waals surface area contributed by atoms with Gasteiger partial charge in [-0.25, -0.2) is 0 Å². The molecule has 1 unspecified atom stereocenters. The molecule has 0 saturated heterocycles. The summed E-state index contributed by atoms with van der Waals surface area (Å²) in [4.78, 5) is 24.6.